The predicted molar refractivity (Wildman–Crippen MR) is 124 cm³/mol. The van der Waals surface area contributed by atoms with Gasteiger partial charge in [-0.15, -0.1) is 0 Å². The Kier molecular flexibility index (Phi) is 6.82. The van der Waals surface area contributed by atoms with Gasteiger partial charge in [0.1, 0.15) is 10.6 Å². The number of imide groups is 1. The van der Waals surface area contributed by atoms with Gasteiger partial charge in [-0.3, -0.25) is 14.5 Å². The van der Waals surface area contributed by atoms with Gasteiger partial charge < -0.3 is 4.74 Å². The minimum Gasteiger partial charge on any atom is -0.495 e. The fraction of sp³-hybridized carbons (Fsp3) is 0.167. The number of carbonyl (C=O) groups is 2. The Morgan fingerprint density at radius 3 is 2.19 bits per heavy atom. The van der Waals surface area contributed by atoms with Crippen LogP contribution >= 0.6 is 11.6 Å². The molecular weight excluding hydrogens is 521 g/mol. The molecule has 0 fully saturated rings. The van der Waals surface area contributed by atoms with Crippen molar-refractivity contribution < 1.29 is 35.9 Å². The molecule has 2 amide bonds. The van der Waals surface area contributed by atoms with Crippen LogP contribution in [0.3, 0.4) is 0 Å². The average Bonchev–Trinajstić information content (AvgIpc) is 3.08. The van der Waals surface area contributed by atoms with Crippen molar-refractivity contribution in [3.05, 3.63) is 93.5 Å². The zero-order valence-corrected chi connectivity index (χ0v) is 20.2. The molecule has 0 aromatic heterocycles. The van der Waals surface area contributed by atoms with Crippen molar-refractivity contribution in [1.29, 1.82) is 0 Å². The van der Waals surface area contributed by atoms with Crippen molar-refractivity contribution in [3.8, 4) is 5.75 Å². The Bertz CT molecular complexity index is 1440. The van der Waals surface area contributed by atoms with Crippen molar-refractivity contribution in [2.45, 2.75) is 24.2 Å². The second-order valence-electron chi connectivity index (χ2n) is 7.86. The lowest BCUT2D eigenvalue weighted by Crippen LogP contribution is -2.29. The number of halogens is 4. The summed E-state index contributed by atoms with van der Waals surface area (Å²) in [7, 11) is -3.05. The number of sulfonamides is 1. The highest BCUT2D eigenvalue weighted by atomic mass is 35.5. The summed E-state index contributed by atoms with van der Waals surface area (Å²) < 4.78 is 72.6. The minimum atomic E-state index is -4.63. The Morgan fingerprint density at radius 1 is 0.972 bits per heavy atom. The zero-order chi connectivity index (χ0) is 26.3. The van der Waals surface area contributed by atoms with Crippen LogP contribution in [0, 0.1) is 0 Å². The molecule has 1 heterocycles. The van der Waals surface area contributed by atoms with E-state index in [0.29, 0.717) is 5.56 Å². The maximum Gasteiger partial charge on any atom is 0.416 e. The molecule has 1 aliphatic rings. The van der Waals surface area contributed by atoms with Crippen LogP contribution in [0.1, 0.15) is 37.4 Å². The number of ether oxygens (including phenoxy) is 1. The van der Waals surface area contributed by atoms with E-state index in [0.717, 1.165) is 23.1 Å². The number of fused-ring (bicyclic) bond motifs is 1. The number of methoxy groups -OCH3 is 1. The summed E-state index contributed by atoms with van der Waals surface area (Å²) in [4.78, 5) is 26.0. The highest BCUT2D eigenvalue weighted by molar-refractivity contribution is 7.89. The molecule has 0 saturated heterocycles. The van der Waals surface area contributed by atoms with Crippen LogP contribution in [0.15, 0.2) is 65.6 Å². The molecule has 0 unspecified atom stereocenters. The quantitative estimate of drug-likeness (QED) is 0.442. The van der Waals surface area contributed by atoms with Crippen LogP contribution < -0.4 is 9.46 Å². The maximum atomic E-state index is 13.1. The predicted octanol–water partition coefficient (Wildman–Crippen LogP) is 4.64. The van der Waals surface area contributed by atoms with E-state index < -0.39 is 40.1 Å². The SMILES string of the molecule is COc1ccc(CN2C(=O)c3ccccc3C2=O)cc1S(=O)(=O)NCc1cc(C(F)(F)F)ccc1Cl. The standard InChI is InChI=1S/C24H18ClF3N2O5S/c1-35-20-9-6-14(13-30-22(31)17-4-2-3-5-18(17)23(30)32)10-21(20)36(33,34)29-12-15-11-16(24(26,27)28)7-8-19(15)25/h2-11,29H,12-13H2,1H3. The molecule has 188 valence electrons. The summed E-state index contributed by atoms with van der Waals surface area (Å²) in [6, 6.07) is 13.0. The van der Waals surface area contributed by atoms with E-state index in [1.54, 1.807) is 12.1 Å². The summed E-state index contributed by atoms with van der Waals surface area (Å²) in [6.45, 7) is -0.713. The third kappa shape index (κ3) is 4.95. The molecule has 1 N–H and O–H groups in total. The van der Waals surface area contributed by atoms with Crippen LogP contribution in [0.4, 0.5) is 13.2 Å². The van der Waals surface area contributed by atoms with Crippen LogP contribution in [-0.2, 0) is 29.3 Å². The molecule has 12 heteroatoms. The zero-order valence-electron chi connectivity index (χ0n) is 18.6. The van der Waals surface area contributed by atoms with E-state index in [1.165, 1.54) is 37.4 Å². The van der Waals surface area contributed by atoms with E-state index >= 15 is 0 Å². The maximum absolute atomic E-state index is 13.1. The smallest absolute Gasteiger partial charge is 0.416 e. The first-order valence-electron chi connectivity index (χ1n) is 10.4. The van der Waals surface area contributed by atoms with Gasteiger partial charge in [-0.1, -0.05) is 29.8 Å². The van der Waals surface area contributed by atoms with Crippen LogP contribution in [0.25, 0.3) is 0 Å². The van der Waals surface area contributed by atoms with E-state index in [2.05, 4.69) is 4.72 Å². The highest BCUT2D eigenvalue weighted by Crippen LogP contribution is 2.32. The Labute approximate surface area is 209 Å². The van der Waals surface area contributed by atoms with Gasteiger partial charge in [-0.2, -0.15) is 13.2 Å². The average molecular weight is 539 g/mol. The summed E-state index contributed by atoms with van der Waals surface area (Å²) in [5.74, 6) is -1.05. The topological polar surface area (TPSA) is 92.8 Å². The lowest BCUT2D eigenvalue weighted by atomic mass is 10.1. The fourth-order valence-corrected chi connectivity index (χ4v) is 5.14. The lowest BCUT2D eigenvalue weighted by Gasteiger charge is -2.17. The molecule has 3 aromatic rings. The molecule has 36 heavy (non-hydrogen) atoms. The third-order valence-electron chi connectivity index (χ3n) is 5.56. The summed E-state index contributed by atoms with van der Waals surface area (Å²) in [5.41, 5.74) is -0.215. The molecule has 0 radical (unpaired) electrons. The number of benzene rings is 3. The molecule has 0 bridgehead atoms. The summed E-state index contributed by atoms with van der Waals surface area (Å²) in [5, 5.41) is -0.0444. The van der Waals surface area contributed by atoms with Gasteiger partial charge in [0.05, 0.1) is 30.3 Å². The number of nitrogens with zero attached hydrogens (tertiary/aromatic N) is 1. The number of carbonyl (C=O) groups excluding carboxylic acids is 2. The Balaban J connectivity index is 1.59. The van der Waals surface area contributed by atoms with E-state index in [4.69, 9.17) is 16.3 Å². The first-order chi connectivity index (χ1) is 16.9. The number of amides is 2. The Morgan fingerprint density at radius 2 is 1.61 bits per heavy atom. The first-order valence-corrected chi connectivity index (χ1v) is 12.3. The van der Waals surface area contributed by atoms with Crippen molar-refractivity contribution in [1.82, 2.24) is 9.62 Å². The summed E-state index contributed by atoms with van der Waals surface area (Å²) in [6.07, 6.45) is -4.63. The number of rotatable bonds is 7. The minimum absolute atomic E-state index is 0.0382. The largest absolute Gasteiger partial charge is 0.495 e. The van der Waals surface area contributed by atoms with Gasteiger partial charge in [0.15, 0.2) is 0 Å². The Hall–Kier alpha value is -3.41. The number of hydrogen-bond donors (Lipinski definition) is 1. The van der Waals surface area contributed by atoms with E-state index in [-0.39, 0.29) is 38.9 Å². The number of alkyl halides is 3. The normalized spacial score (nSPS) is 13.8. The van der Waals surface area contributed by atoms with Gasteiger partial charge in [0.25, 0.3) is 11.8 Å². The molecule has 4 rings (SSSR count). The molecule has 7 nitrogen and oxygen atoms in total. The molecule has 1 aliphatic heterocycles. The van der Waals surface area contributed by atoms with Crippen molar-refractivity contribution >= 4 is 33.4 Å². The molecular formula is C24H18ClF3N2O5S. The van der Waals surface area contributed by atoms with Crippen molar-refractivity contribution in [2.75, 3.05) is 7.11 Å². The molecule has 0 spiro atoms. The third-order valence-corrected chi connectivity index (χ3v) is 7.35. The highest BCUT2D eigenvalue weighted by Gasteiger charge is 2.35. The summed E-state index contributed by atoms with van der Waals surface area (Å²) >= 11 is 5.97. The van der Waals surface area contributed by atoms with Crippen LogP contribution in [0.5, 0.6) is 5.75 Å². The second kappa shape index (κ2) is 9.57. The van der Waals surface area contributed by atoms with E-state index in [1.807, 2.05) is 0 Å². The van der Waals surface area contributed by atoms with Gasteiger partial charge >= 0.3 is 6.18 Å². The van der Waals surface area contributed by atoms with Crippen LogP contribution in [-0.4, -0.2) is 32.2 Å². The fourth-order valence-electron chi connectivity index (χ4n) is 3.73. The number of hydrogen-bond acceptors (Lipinski definition) is 5. The molecule has 0 aliphatic carbocycles. The van der Waals surface area contributed by atoms with Crippen molar-refractivity contribution in [2.24, 2.45) is 0 Å². The molecule has 0 saturated carbocycles. The lowest BCUT2D eigenvalue weighted by molar-refractivity contribution is -0.137. The van der Waals surface area contributed by atoms with Gasteiger partial charge in [0.2, 0.25) is 10.0 Å². The monoisotopic (exact) mass is 538 g/mol. The van der Waals surface area contributed by atoms with Crippen molar-refractivity contribution in [3.63, 3.8) is 0 Å². The van der Waals surface area contributed by atoms with Gasteiger partial charge in [-0.25, -0.2) is 13.1 Å². The van der Waals surface area contributed by atoms with Gasteiger partial charge in [0, 0.05) is 11.6 Å². The van der Waals surface area contributed by atoms with E-state index in [9.17, 15) is 31.2 Å². The molecule has 0 atom stereocenters. The first kappa shape index (κ1) is 25.7. The number of nitrogens with one attached hydrogen (secondary N) is 1. The molecule has 3 aromatic carbocycles. The van der Waals surface area contributed by atoms with Gasteiger partial charge in [-0.05, 0) is 53.6 Å². The van der Waals surface area contributed by atoms with Crippen LogP contribution in [0.2, 0.25) is 5.02 Å². The second-order valence-corrected chi connectivity index (χ2v) is 10.00.